The van der Waals surface area contributed by atoms with E-state index in [1.54, 1.807) is 0 Å². The SMILES string of the molecule is O=C=NC1=CC=C(F)C(Cl)=CC1. The number of carbonyl (C=O) groups excluding carboxylic acids is 1. The molecule has 1 rings (SSSR count). The van der Waals surface area contributed by atoms with Crippen molar-refractivity contribution in [1.29, 1.82) is 0 Å². The van der Waals surface area contributed by atoms with Crippen LogP contribution in [-0.2, 0) is 4.79 Å². The van der Waals surface area contributed by atoms with Crippen LogP contribution in [0.5, 0.6) is 0 Å². The summed E-state index contributed by atoms with van der Waals surface area (Å²) in [6.07, 6.45) is 5.74. The Morgan fingerprint density at radius 2 is 2.33 bits per heavy atom. The van der Waals surface area contributed by atoms with Crippen molar-refractivity contribution in [1.82, 2.24) is 0 Å². The Morgan fingerprint density at radius 3 is 3.00 bits per heavy atom. The van der Waals surface area contributed by atoms with Crippen molar-refractivity contribution < 1.29 is 9.18 Å². The van der Waals surface area contributed by atoms with Crippen molar-refractivity contribution in [2.75, 3.05) is 0 Å². The van der Waals surface area contributed by atoms with Gasteiger partial charge in [-0.25, -0.2) is 9.18 Å². The Morgan fingerprint density at radius 1 is 1.58 bits per heavy atom. The highest BCUT2D eigenvalue weighted by molar-refractivity contribution is 6.31. The van der Waals surface area contributed by atoms with Crippen LogP contribution >= 0.6 is 11.6 Å². The summed E-state index contributed by atoms with van der Waals surface area (Å²) >= 11 is 5.48. The van der Waals surface area contributed by atoms with Crippen molar-refractivity contribution >= 4 is 17.7 Å². The van der Waals surface area contributed by atoms with Gasteiger partial charge in [0.25, 0.3) is 0 Å². The standard InChI is InChI=1S/C8H5ClFNO/c9-7-3-1-6(11-5-12)2-4-8(7)10/h2-4H,1H2. The van der Waals surface area contributed by atoms with Crippen molar-refractivity contribution in [2.24, 2.45) is 4.99 Å². The highest BCUT2D eigenvalue weighted by Gasteiger charge is 2.04. The average molecular weight is 186 g/mol. The highest BCUT2D eigenvalue weighted by atomic mass is 35.5. The third-order valence-corrected chi connectivity index (χ3v) is 1.66. The van der Waals surface area contributed by atoms with Crippen LogP contribution in [0.25, 0.3) is 0 Å². The molecular weight excluding hydrogens is 181 g/mol. The molecule has 4 heteroatoms. The van der Waals surface area contributed by atoms with Crippen LogP contribution in [-0.4, -0.2) is 6.08 Å². The molecule has 0 amide bonds. The van der Waals surface area contributed by atoms with Gasteiger partial charge in [0.1, 0.15) is 5.83 Å². The molecule has 0 aromatic rings. The number of aliphatic imine (C=N–C) groups is 1. The molecule has 0 atom stereocenters. The molecule has 0 N–H and O–H groups in total. The molecule has 0 bridgehead atoms. The third-order valence-electron chi connectivity index (χ3n) is 1.33. The van der Waals surface area contributed by atoms with Crippen LogP contribution in [0.15, 0.2) is 39.8 Å². The lowest BCUT2D eigenvalue weighted by molar-refractivity contribution is 0.564. The van der Waals surface area contributed by atoms with E-state index >= 15 is 0 Å². The summed E-state index contributed by atoms with van der Waals surface area (Å²) in [6.45, 7) is 0. The molecule has 1 aliphatic rings. The summed E-state index contributed by atoms with van der Waals surface area (Å²) in [4.78, 5) is 13.2. The first-order chi connectivity index (χ1) is 5.74. The first-order valence-electron chi connectivity index (χ1n) is 3.24. The summed E-state index contributed by atoms with van der Waals surface area (Å²) in [6, 6.07) is 0. The Kier molecular flexibility index (Phi) is 2.97. The van der Waals surface area contributed by atoms with Crippen LogP contribution < -0.4 is 0 Å². The third kappa shape index (κ3) is 2.16. The minimum absolute atomic E-state index is 0.0438. The second-order valence-corrected chi connectivity index (χ2v) is 2.54. The van der Waals surface area contributed by atoms with Crippen molar-refractivity contribution in [3.05, 3.63) is 34.8 Å². The van der Waals surface area contributed by atoms with E-state index in [9.17, 15) is 9.18 Å². The Hall–Kier alpha value is -1.18. The summed E-state index contributed by atoms with van der Waals surface area (Å²) < 4.78 is 12.7. The predicted molar refractivity (Wildman–Crippen MR) is 43.9 cm³/mol. The van der Waals surface area contributed by atoms with Gasteiger partial charge in [0, 0.05) is 6.42 Å². The largest absolute Gasteiger partial charge is 0.240 e. The van der Waals surface area contributed by atoms with Crippen LogP contribution in [0.1, 0.15) is 6.42 Å². The summed E-state index contributed by atoms with van der Waals surface area (Å²) in [7, 11) is 0. The van der Waals surface area contributed by atoms with Crippen molar-refractivity contribution in [2.45, 2.75) is 6.42 Å². The van der Waals surface area contributed by atoms with E-state index in [-0.39, 0.29) is 5.03 Å². The van der Waals surface area contributed by atoms with Gasteiger partial charge in [-0.3, -0.25) is 0 Å². The summed E-state index contributed by atoms with van der Waals surface area (Å²) in [5.41, 5.74) is 0.441. The van der Waals surface area contributed by atoms with Gasteiger partial charge in [0.15, 0.2) is 0 Å². The van der Waals surface area contributed by atoms with Crippen molar-refractivity contribution in [3.8, 4) is 0 Å². The molecule has 0 heterocycles. The number of nitrogens with zero attached hydrogens (tertiary/aromatic N) is 1. The van der Waals surface area contributed by atoms with E-state index < -0.39 is 5.83 Å². The average Bonchev–Trinajstić information content (AvgIpc) is 2.20. The zero-order valence-electron chi connectivity index (χ0n) is 6.05. The van der Waals surface area contributed by atoms with Crippen LogP contribution in [0.3, 0.4) is 0 Å². The van der Waals surface area contributed by atoms with E-state index in [0.29, 0.717) is 12.1 Å². The lowest BCUT2D eigenvalue weighted by atomic mass is 10.3. The molecule has 0 aromatic heterocycles. The maximum Gasteiger partial charge on any atom is 0.240 e. The molecule has 0 fully saturated rings. The smallest absolute Gasteiger partial charge is 0.211 e. The Labute approximate surface area is 73.7 Å². The molecule has 0 radical (unpaired) electrons. The van der Waals surface area contributed by atoms with Gasteiger partial charge in [-0.1, -0.05) is 17.7 Å². The number of hydrogen-bond acceptors (Lipinski definition) is 2. The van der Waals surface area contributed by atoms with Gasteiger partial charge in [-0.05, 0) is 12.2 Å². The monoisotopic (exact) mass is 185 g/mol. The molecule has 0 spiro atoms. The molecule has 0 unspecified atom stereocenters. The molecule has 0 saturated heterocycles. The lowest BCUT2D eigenvalue weighted by Gasteiger charge is -1.89. The van der Waals surface area contributed by atoms with Crippen LogP contribution in [0.4, 0.5) is 4.39 Å². The maximum absolute atomic E-state index is 12.7. The molecule has 12 heavy (non-hydrogen) atoms. The van der Waals surface area contributed by atoms with Gasteiger partial charge >= 0.3 is 0 Å². The van der Waals surface area contributed by atoms with Crippen LogP contribution in [0.2, 0.25) is 0 Å². The minimum atomic E-state index is -0.521. The number of rotatable bonds is 1. The van der Waals surface area contributed by atoms with E-state index in [4.69, 9.17) is 11.6 Å². The van der Waals surface area contributed by atoms with Gasteiger partial charge in [-0.15, -0.1) is 0 Å². The fourth-order valence-electron chi connectivity index (χ4n) is 0.750. The topological polar surface area (TPSA) is 29.4 Å². The Balaban J connectivity index is 2.94. The molecule has 0 aliphatic heterocycles. The fraction of sp³-hybridized carbons (Fsp3) is 0.125. The van der Waals surface area contributed by atoms with Gasteiger partial charge < -0.3 is 0 Å². The van der Waals surface area contributed by atoms with Gasteiger partial charge in [-0.2, -0.15) is 4.99 Å². The zero-order chi connectivity index (χ0) is 8.97. The second kappa shape index (κ2) is 4.00. The normalized spacial score (nSPS) is 16.7. The number of isocyanates is 1. The molecule has 0 aromatic carbocycles. The summed E-state index contributed by atoms with van der Waals surface area (Å²) in [5, 5.41) is 0.0438. The van der Waals surface area contributed by atoms with E-state index in [2.05, 4.69) is 4.99 Å². The molecule has 0 saturated carbocycles. The van der Waals surface area contributed by atoms with Gasteiger partial charge in [0.05, 0.1) is 10.7 Å². The first-order valence-corrected chi connectivity index (χ1v) is 3.62. The summed E-state index contributed by atoms with van der Waals surface area (Å²) in [5.74, 6) is -0.521. The molecular formula is C8H5ClFNO. The van der Waals surface area contributed by atoms with Crippen molar-refractivity contribution in [3.63, 3.8) is 0 Å². The highest BCUT2D eigenvalue weighted by Crippen LogP contribution is 2.22. The lowest BCUT2D eigenvalue weighted by Crippen LogP contribution is -1.73. The number of halogens is 2. The second-order valence-electron chi connectivity index (χ2n) is 2.13. The van der Waals surface area contributed by atoms with E-state index in [1.165, 1.54) is 24.3 Å². The first kappa shape index (κ1) is 8.91. The maximum atomic E-state index is 12.7. The van der Waals surface area contributed by atoms with Gasteiger partial charge in [0.2, 0.25) is 6.08 Å². The molecule has 2 nitrogen and oxygen atoms in total. The quantitative estimate of drug-likeness (QED) is 0.456. The van der Waals surface area contributed by atoms with E-state index in [0.717, 1.165) is 0 Å². The van der Waals surface area contributed by atoms with Crippen LogP contribution in [0, 0.1) is 0 Å². The van der Waals surface area contributed by atoms with E-state index in [1.807, 2.05) is 0 Å². The Bertz CT molecular complexity index is 324. The number of allylic oxidation sites excluding steroid dienone is 5. The molecule has 62 valence electrons. The minimum Gasteiger partial charge on any atom is -0.211 e. The molecule has 1 aliphatic carbocycles. The fourth-order valence-corrected chi connectivity index (χ4v) is 0.890. The predicted octanol–water partition coefficient (Wildman–Crippen LogP) is 2.59. The number of hydrogen-bond donors (Lipinski definition) is 0. The zero-order valence-corrected chi connectivity index (χ0v) is 6.81.